The zero-order chi connectivity index (χ0) is 21.9. The quantitative estimate of drug-likeness (QED) is 0.591. The van der Waals surface area contributed by atoms with E-state index in [9.17, 15) is 13.2 Å². The number of methoxy groups -OCH3 is 1. The van der Waals surface area contributed by atoms with Gasteiger partial charge in [0, 0.05) is 27.2 Å². The fourth-order valence-corrected chi connectivity index (χ4v) is 4.03. The van der Waals surface area contributed by atoms with Crippen LogP contribution in [0.2, 0.25) is 0 Å². The highest BCUT2D eigenvalue weighted by molar-refractivity contribution is 7.89. The molecule has 3 N–H and O–H groups in total. The molecule has 1 saturated heterocycles. The Balaban J connectivity index is 1.85. The molecule has 2 aromatic rings. The van der Waals surface area contributed by atoms with Gasteiger partial charge < -0.3 is 20.3 Å². The average Bonchev–Trinajstić information content (AvgIpc) is 3.26. The third kappa shape index (κ3) is 4.76. The van der Waals surface area contributed by atoms with Crippen molar-refractivity contribution in [2.24, 2.45) is 5.73 Å². The largest absolute Gasteiger partial charge is 0.496 e. The summed E-state index contributed by atoms with van der Waals surface area (Å²) in [5.41, 5.74) is 5.30. The molecule has 0 saturated carbocycles. The molecular weight excluding hydrogens is 410 g/mol. The molecule has 0 unspecified atom stereocenters. The Hall–Kier alpha value is -2.99. The Labute approximate surface area is 175 Å². The second kappa shape index (κ2) is 8.79. The van der Waals surface area contributed by atoms with E-state index in [4.69, 9.17) is 10.5 Å². The van der Waals surface area contributed by atoms with E-state index < -0.39 is 15.9 Å². The first kappa shape index (κ1) is 21.7. The van der Waals surface area contributed by atoms with Crippen molar-refractivity contribution in [1.29, 1.82) is 0 Å². The van der Waals surface area contributed by atoms with E-state index in [-0.39, 0.29) is 22.8 Å². The van der Waals surface area contributed by atoms with Crippen LogP contribution in [0.25, 0.3) is 0 Å². The van der Waals surface area contributed by atoms with E-state index >= 15 is 0 Å². The Morgan fingerprint density at radius 3 is 2.53 bits per heavy atom. The normalized spacial score (nSPS) is 14.0. The summed E-state index contributed by atoms with van der Waals surface area (Å²) in [6.07, 6.45) is 2.12. The number of sulfonamides is 1. The van der Waals surface area contributed by atoms with Gasteiger partial charge in [-0.15, -0.1) is 0 Å². The van der Waals surface area contributed by atoms with E-state index in [1.807, 2.05) is 0 Å². The molecule has 1 amide bonds. The van der Waals surface area contributed by atoms with E-state index in [0.717, 1.165) is 25.9 Å². The monoisotopic (exact) mass is 435 g/mol. The molecular formula is C18H25N7O4S. The van der Waals surface area contributed by atoms with E-state index in [0.29, 0.717) is 17.7 Å². The maximum atomic E-state index is 12.7. The molecule has 1 aliphatic heterocycles. The van der Waals surface area contributed by atoms with Crippen molar-refractivity contribution in [3.8, 4) is 5.75 Å². The zero-order valence-electron chi connectivity index (χ0n) is 17.1. The number of aromatic nitrogens is 3. The van der Waals surface area contributed by atoms with Crippen LogP contribution in [0.5, 0.6) is 5.75 Å². The molecule has 0 aliphatic carbocycles. The van der Waals surface area contributed by atoms with Crippen LogP contribution in [-0.2, 0) is 16.6 Å². The molecule has 3 rings (SSSR count). The Morgan fingerprint density at radius 1 is 1.23 bits per heavy atom. The van der Waals surface area contributed by atoms with Crippen LogP contribution in [0.4, 0.5) is 11.9 Å². The molecule has 0 bridgehead atoms. The van der Waals surface area contributed by atoms with Crippen molar-refractivity contribution in [1.82, 2.24) is 19.7 Å². The summed E-state index contributed by atoms with van der Waals surface area (Å²) in [4.78, 5) is 28.5. The minimum absolute atomic E-state index is 0.0215. The molecule has 30 heavy (non-hydrogen) atoms. The van der Waals surface area contributed by atoms with Crippen molar-refractivity contribution in [3.63, 3.8) is 0 Å². The number of anilines is 2. The van der Waals surface area contributed by atoms with E-state index in [2.05, 4.69) is 24.6 Å². The van der Waals surface area contributed by atoms with Crippen molar-refractivity contribution < 1.29 is 17.9 Å². The number of carbonyl (C=O) groups is 1. The number of hydrogen-bond acceptors (Lipinski definition) is 9. The van der Waals surface area contributed by atoms with Crippen LogP contribution in [0.3, 0.4) is 0 Å². The molecule has 1 fully saturated rings. The van der Waals surface area contributed by atoms with Crippen LogP contribution in [-0.4, -0.2) is 63.6 Å². The number of primary amides is 1. The lowest BCUT2D eigenvalue weighted by Crippen LogP contribution is -2.28. The third-order valence-corrected chi connectivity index (χ3v) is 6.01. The number of amides is 1. The van der Waals surface area contributed by atoms with Gasteiger partial charge in [-0.1, -0.05) is 0 Å². The van der Waals surface area contributed by atoms with Crippen molar-refractivity contribution in [2.45, 2.75) is 24.3 Å². The van der Waals surface area contributed by atoms with Gasteiger partial charge in [0.25, 0.3) is 5.91 Å². The molecule has 0 radical (unpaired) electrons. The van der Waals surface area contributed by atoms with Gasteiger partial charge in [-0.05, 0) is 31.0 Å². The minimum atomic E-state index is -3.95. The molecule has 12 heteroatoms. The highest BCUT2D eigenvalue weighted by Gasteiger charge is 2.21. The molecule has 0 atom stereocenters. The van der Waals surface area contributed by atoms with Gasteiger partial charge in [0.2, 0.25) is 21.9 Å². The Kier molecular flexibility index (Phi) is 6.37. The number of hydrogen-bond donors (Lipinski definition) is 2. The summed E-state index contributed by atoms with van der Waals surface area (Å²) in [7, 11) is 1.04. The molecule has 1 aromatic carbocycles. The lowest BCUT2D eigenvalue weighted by Gasteiger charge is -2.19. The summed E-state index contributed by atoms with van der Waals surface area (Å²) < 4.78 is 33.0. The Bertz CT molecular complexity index is 1040. The summed E-state index contributed by atoms with van der Waals surface area (Å²) in [6.45, 7) is 1.57. The fraction of sp³-hybridized carbons (Fsp3) is 0.444. The molecule has 0 spiro atoms. The van der Waals surface area contributed by atoms with Crippen LogP contribution in [0, 0.1) is 0 Å². The summed E-state index contributed by atoms with van der Waals surface area (Å²) in [5.74, 6) is 0.683. The van der Waals surface area contributed by atoms with Crippen molar-refractivity contribution in [3.05, 3.63) is 29.6 Å². The smallest absolute Gasteiger partial charge is 0.252 e. The first-order chi connectivity index (χ1) is 14.2. The molecule has 1 aliphatic rings. The van der Waals surface area contributed by atoms with Crippen LogP contribution in [0.15, 0.2) is 23.1 Å². The molecule has 2 heterocycles. The summed E-state index contributed by atoms with van der Waals surface area (Å²) >= 11 is 0. The second-order valence-corrected chi connectivity index (χ2v) is 8.76. The number of carbonyl (C=O) groups excluding carboxylic acids is 1. The van der Waals surface area contributed by atoms with Crippen molar-refractivity contribution >= 4 is 27.8 Å². The van der Waals surface area contributed by atoms with E-state index in [1.165, 1.54) is 25.3 Å². The first-order valence-electron chi connectivity index (χ1n) is 9.36. The zero-order valence-corrected chi connectivity index (χ0v) is 17.9. The van der Waals surface area contributed by atoms with Gasteiger partial charge in [0.05, 0.1) is 24.1 Å². The fourth-order valence-electron chi connectivity index (χ4n) is 3.02. The Morgan fingerprint density at radius 2 is 1.93 bits per heavy atom. The first-order valence-corrected chi connectivity index (χ1v) is 10.8. The third-order valence-electron chi connectivity index (χ3n) is 4.61. The average molecular weight is 436 g/mol. The standard InChI is InChI=1S/C18H25N7O4S/c1-24(2)17-21-15(22-18(23-17)25-8-4-5-9-25)11-20-30(27,28)12-6-7-14(29-3)13(10-12)16(19)26/h6-7,10,20H,4-5,8-9,11H2,1-3H3,(H2,19,26). The van der Waals surface area contributed by atoms with E-state index in [1.54, 1.807) is 19.0 Å². The van der Waals surface area contributed by atoms with Crippen molar-refractivity contribution in [2.75, 3.05) is 44.1 Å². The SMILES string of the molecule is COc1ccc(S(=O)(=O)NCc2nc(N(C)C)nc(N3CCCC3)n2)cc1C(N)=O. The number of rotatable bonds is 8. The van der Waals surface area contributed by atoms with Gasteiger partial charge in [0.1, 0.15) is 5.75 Å². The topological polar surface area (TPSA) is 144 Å². The maximum absolute atomic E-state index is 12.7. The highest BCUT2D eigenvalue weighted by atomic mass is 32.2. The number of nitrogens with one attached hydrogen (secondary N) is 1. The van der Waals surface area contributed by atoms with Crippen LogP contribution in [0.1, 0.15) is 29.0 Å². The predicted molar refractivity (Wildman–Crippen MR) is 111 cm³/mol. The number of nitrogens with two attached hydrogens (primary N) is 1. The lowest BCUT2D eigenvalue weighted by atomic mass is 10.2. The summed E-state index contributed by atoms with van der Waals surface area (Å²) in [5, 5.41) is 0. The van der Waals surface area contributed by atoms with Crippen LogP contribution >= 0.6 is 0 Å². The maximum Gasteiger partial charge on any atom is 0.252 e. The molecule has 1 aromatic heterocycles. The van der Waals surface area contributed by atoms with Crippen LogP contribution < -0.4 is 25.0 Å². The highest BCUT2D eigenvalue weighted by Crippen LogP contribution is 2.22. The van der Waals surface area contributed by atoms with Gasteiger partial charge in [-0.2, -0.15) is 15.0 Å². The lowest BCUT2D eigenvalue weighted by molar-refractivity contribution is 0.0997. The molecule has 162 valence electrons. The van der Waals surface area contributed by atoms with Gasteiger partial charge in [0.15, 0.2) is 5.82 Å². The predicted octanol–water partition coefficient (Wildman–Crippen LogP) is 0.124. The van der Waals surface area contributed by atoms with Gasteiger partial charge >= 0.3 is 0 Å². The van der Waals surface area contributed by atoms with Gasteiger partial charge in [-0.25, -0.2) is 13.1 Å². The minimum Gasteiger partial charge on any atom is -0.496 e. The number of nitrogens with zero attached hydrogens (tertiary/aromatic N) is 5. The summed E-state index contributed by atoms with van der Waals surface area (Å²) in [6, 6.07) is 3.90. The van der Waals surface area contributed by atoms with Gasteiger partial charge in [-0.3, -0.25) is 4.79 Å². The second-order valence-electron chi connectivity index (χ2n) is 6.99. The number of ether oxygens (including phenoxy) is 1. The number of benzene rings is 1. The molecule has 11 nitrogen and oxygen atoms in total.